The Bertz CT molecular complexity index is 1130. The number of carbonyl (C=O) groups excluding carboxylic acids is 2. The number of aryl methyl sites for hydroxylation is 2. The van der Waals surface area contributed by atoms with Gasteiger partial charge in [-0.15, -0.1) is 0 Å². The summed E-state index contributed by atoms with van der Waals surface area (Å²) in [6, 6.07) is 13.7. The molecule has 0 spiro atoms. The average Bonchev–Trinajstić information content (AvgIpc) is 2.75. The van der Waals surface area contributed by atoms with E-state index in [9.17, 15) is 18.0 Å². The van der Waals surface area contributed by atoms with Crippen molar-refractivity contribution in [2.24, 2.45) is 5.92 Å². The minimum atomic E-state index is -3.95. The summed E-state index contributed by atoms with van der Waals surface area (Å²) in [7, 11) is -3.95. The lowest BCUT2D eigenvalue weighted by molar-refractivity contribution is -0.132. The predicted molar refractivity (Wildman–Crippen MR) is 129 cm³/mol. The first-order valence-electron chi connectivity index (χ1n) is 11.2. The van der Waals surface area contributed by atoms with E-state index in [2.05, 4.69) is 19.2 Å². The molecule has 33 heavy (non-hydrogen) atoms. The summed E-state index contributed by atoms with van der Waals surface area (Å²) in [6.07, 6.45) is 0.783. The minimum Gasteiger partial charge on any atom is -0.354 e. The van der Waals surface area contributed by atoms with Crippen molar-refractivity contribution in [3.8, 4) is 0 Å². The standard InChI is InChI=1S/C25H33N3O4S/c1-18(2)13-14-26-24(30)25(5)17-27(33(31,32)21-9-7-6-8-10-21)16-23(29)28(25)22-15-19(3)11-12-20(22)4/h6-12,15,18H,13-14,16-17H2,1-5H3,(H,26,30). The second kappa shape index (κ2) is 9.65. The van der Waals surface area contributed by atoms with Crippen LogP contribution in [0.5, 0.6) is 0 Å². The van der Waals surface area contributed by atoms with Crippen LogP contribution in [0.25, 0.3) is 0 Å². The molecule has 1 fully saturated rings. The highest BCUT2D eigenvalue weighted by Gasteiger charge is 2.51. The fraction of sp³-hybridized carbons (Fsp3) is 0.440. The Balaban J connectivity index is 2.05. The molecule has 1 atom stereocenters. The van der Waals surface area contributed by atoms with Crippen molar-refractivity contribution in [3.05, 3.63) is 59.7 Å². The number of hydrogen-bond acceptors (Lipinski definition) is 4. The van der Waals surface area contributed by atoms with Crippen LogP contribution in [0.4, 0.5) is 5.69 Å². The third kappa shape index (κ3) is 5.12. The first kappa shape index (κ1) is 24.9. The average molecular weight is 472 g/mol. The zero-order chi connectivity index (χ0) is 24.4. The molecule has 1 unspecified atom stereocenters. The molecule has 1 aliphatic rings. The van der Waals surface area contributed by atoms with Gasteiger partial charge in [-0.25, -0.2) is 8.42 Å². The van der Waals surface area contributed by atoms with E-state index < -0.39 is 21.5 Å². The van der Waals surface area contributed by atoms with Gasteiger partial charge >= 0.3 is 0 Å². The molecule has 0 aromatic heterocycles. The van der Waals surface area contributed by atoms with Gasteiger partial charge in [0.1, 0.15) is 5.54 Å². The van der Waals surface area contributed by atoms with Crippen molar-refractivity contribution < 1.29 is 18.0 Å². The predicted octanol–water partition coefficient (Wildman–Crippen LogP) is 3.26. The number of sulfonamides is 1. The minimum absolute atomic E-state index is 0.0977. The van der Waals surface area contributed by atoms with Crippen LogP contribution in [-0.4, -0.2) is 49.7 Å². The lowest BCUT2D eigenvalue weighted by atomic mass is 9.93. The summed E-state index contributed by atoms with van der Waals surface area (Å²) in [6.45, 7) is 9.55. The molecule has 1 heterocycles. The van der Waals surface area contributed by atoms with E-state index in [0.29, 0.717) is 18.2 Å². The van der Waals surface area contributed by atoms with Gasteiger partial charge in [-0.1, -0.05) is 44.2 Å². The number of anilines is 1. The fourth-order valence-corrected chi connectivity index (χ4v) is 5.58. The maximum absolute atomic E-state index is 13.5. The van der Waals surface area contributed by atoms with Crippen LogP contribution in [0, 0.1) is 19.8 Å². The van der Waals surface area contributed by atoms with Crippen LogP contribution >= 0.6 is 0 Å². The van der Waals surface area contributed by atoms with Crippen LogP contribution in [0.2, 0.25) is 0 Å². The molecule has 0 saturated carbocycles. The number of carbonyl (C=O) groups is 2. The molecule has 2 aromatic carbocycles. The van der Waals surface area contributed by atoms with E-state index in [1.165, 1.54) is 17.0 Å². The zero-order valence-corrected chi connectivity index (χ0v) is 20.8. The number of nitrogens with one attached hydrogen (secondary N) is 1. The molecule has 2 aromatic rings. The van der Waals surface area contributed by atoms with E-state index in [0.717, 1.165) is 21.9 Å². The largest absolute Gasteiger partial charge is 0.354 e. The first-order chi connectivity index (χ1) is 15.5. The van der Waals surface area contributed by atoms with Gasteiger partial charge in [-0.05, 0) is 62.4 Å². The summed E-state index contributed by atoms with van der Waals surface area (Å²) in [5.74, 6) is -0.405. The Hall–Kier alpha value is -2.71. The Labute approximate surface area is 196 Å². The van der Waals surface area contributed by atoms with Gasteiger partial charge in [0.05, 0.1) is 11.4 Å². The monoisotopic (exact) mass is 471 g/mol. The summed E-state index contributed by atoms with van der Waals surface area (Å²) in [4.78, 5) is 28.6. The van der Waals surface area contributed by atoms with E-state index >= 15 is 0 Å². The van der Waals surface area contributed by atoms with Crippen molar-refractivity contribution in [3.63, 3.8) is 0 Å². The van der Waals surface area contributed by atoms with Gasteiger partial charge in [0.25, 0.3) is 0 Å². The van der Waals surface area contributed by atoms with Crippen LogP contribution in [0.1, 0.15) is 38.3 Å². The second-order valence-corrected chi connectivity index (χ2v) is 11.3. The van der Waals surface area contributed by atoms with E-state index in [-0.39, 0.29) is 23.9 Å². The van der Waals surface area contributed by atoms with Crippen molar-refractivity contribution >= 4 is 27.5 Å². The van der Waals surface area contributed by atoms with Gasteiger partial charge in [0.2, 0.25) is 21.8 Å². The second-order valence-electron chi connectivity index (χ2n) is 9.32. The van der Waals surface area contributed by atoms with Crippen LogP contribution < -0.4 is 10.2 Å². The van der Waals surface area contributed by atoms with Crippen LogP contribution in [0.15, 0.2) is 53.4 Å². The molecule has 1 saturated heterocycles. The molecule has 178 valence electrons. The van der Waals surface area contributed by atoms with E-state index in [1.807, 2.05) is 32.0 Å². The third-order valence-electron chi connectivity index (χ3n) is 6.02. The van der Waals surface area contributed by atoms with Crippen molar-refractivity contribution in [1.29, 1.82) is 0 Å². The van der Waals surface area contributed by atoms with Crippen molar-refractivity contribution in [2.75, 3.05) is 24.5 Å². The summed E-state index contributed by atoms with van der Waals surface area (Å²) >= 11 is 0. The smallest absolute Gasteiger partial charge is 0.247 e. The Morgan fingerprint density at radius 1 is 1.12 bits per heavy atom. The molecular formula is C25H33N3O4S. The van der Waals surface area contributed by atoms with E-state index in [1.54, 1.807) is 25.1 Å². The maximum Gasteiger partial charge on any atom is 0.247 e. The lowest BCUT2D eigenvalue weighted by Gasteiger charge is -2.47. The fourth-order valence-electron chi connectivity index (χ4n) is 4.08. The normalized spacial score (nSPS) is 19.7. The van der Waals surface area contributed by atoms with Gasteiger partial charge in [0, 0.05) is 18.8 Å². The highest BCUT2D eigenvalue weighted by Crippen LogP contribution is 2.34. The lowest BCUT2D eigenvalue weighted by Crippen LogP contribution is -2.70. The summed E-state index contributed by atoms with van der Waals surface area (Å²) in [5.41, 5.74) is 1.00. The molecule has 1 aliphatic heterocycles. The number of piperazine rings is 1. The van der Waals surface area contributed by atoms with Crippen molar-refractivity contribution in [2.45, 2.75) is 51.5 Å². The number of amides is 2. The van der Waals surface area contributed by atoms with Crippen LogP contribution in [-0.2, 0) is 19.6 Å². The molecule has 1 N–H and O–H groups in total. The van der Waals surface area contributed by atoms with Crippen molar-refractivity contribution in [1.82, 2.24) is 9.62 Å². The number of rotatable bonds is 7. The Morgan fingerprint density at radius 3 is 2.42 bits per heavy atom. The number of hydrogen-bond donors (Lipinski definition) is 1. The van der Waals surface area contributed by atoms with Gasteiger partial charge < -0.3 is 5.32 Å². The highest BCUT2D eigenvalue weighted by molar-refractivity contribution is 7.89. The van der Waals surface area contributed by atoms with Gasteiger partial charge in [0.15, 0.2) is 0 Å². The van der Waals surface area contributed by atoms with Gasteiger partial charge in [-0.2, -0.15) is 4.31 Å². The molecule has 3 rings (SSSR count). The topological polar surface area (TPSA) is 86.8 Å². The molecule has 0 radical (unpaired) electrons. The Kier molecular flexibility index (Phi) is 7.29. The zero-order valence-electron chi connectivity index (χ0n) is 20.0. The first-order valence-corrected chi connectivity index (χ1v) is 12.6. The number of benzene rings is 2. The third-order valence-corrected chi connectivity index (χ3v) is 7.83. The molecule has 7 nitrogen and oxygen atoms in total. The summed E-state index contributed by atoms with van der Waals surface area (Å²) in [5, 5.41) is 2.94. The molecule has 8 heteroatoms. The quantitative estimate of drug-likeness (QED) is 0.672. The highest BCUT2D eigenvalue weighted by atomic mass is 32.2. The maximum atomic E-state index is 13.5. The SMILES string of the molecule is Cc1ccc(C)c(N2C(=O)CN(S(=O)(=O)c3ccccc3)CC2(C)C(=O)NCCC(C)C)c1. The van der Waals surface area contributed by atoms with E-state index in [4.69, 9.17) is 0 Å². The number of nitrogens with zero attached hydrogens (tertiary/aromatic N) is 2. The molecular weight excluding hydrogens is 438 g/mol. The van der Waals surface area contributed by atoms with Crippen LogP contribution in [0.3, 0.4) is 0 Å². The molecule has 0 aliphatic carbocycles. The Morgan fingerprint density at radius 2 is 1.79 bits per heavy atom. The molecule has 2 amide bonds. The van der Waals surface area contributed by atoms with Gasteiger partial charge in [-0.3, -0.25) is 14.5 Å². The molecule has 0 bridgehead atoms. The summed E-state index contributed by atoms with van der Waals surface area (Å²) < 4.78 is 27.8.